The molecule has 0 spiro atoms. The van der Waals surface area contributed by atoms with Gasteiger partial charge in [0.1, 0.15) is 17.3 Å². The molecule has 1 fully saturated rings. The number of pyridine rings is 1. The average molecular weight is 383 g/mol. The molecule has 4 rings (SSSR count). The number of hydrogen-bond acceptors (Lipinski definition) is 6. The van der Waals surface area contributed by atoms with Gasteiger partial charge in [-0.1, -0.05) is 0 Å². The van der Waals surface area contributed by atoms with E-state index in [1.807, 2.05) is 12.1 Å². The lowest BCUT2D eigenvalue weighted by Gasteiger charge is -2.35. The van der Waals surface area contributed by atoms with Crippen LogP contribution in [0.15, 0.2) is 36.5 Å². The van der Waals surface area contributed by atoms with Gasteiger partial charge in [-0.2, -0.15) is 0 Å². The third-order valence-electron chi connectivity index (χ3n) is 4.71. The topological polar surface area (TPSA) is 96.0 Å². The summed E-state index contributed by atoms with van der Waals surface area (Å²) in [7, 11) is 1.61. The van der Waals surface area contributed by atoms with Crippen LogP contribution in [-0.4, -0.2) is 61.7 Å². The highest BCUT2D eigenvalue weighted by atomic mass is 16.5. The van der Waals surface area contributed by atoms with Crippen LogP contribution < -0.4 is 25.0 Å². The Morgan fingerprint density at radius 2 is 2.04 bits per heavy atom. The zero-order chi connectivity index (χ0) is 19.5. The first kappa shape index (κ1) is 17.9. The zero-order valence-corrected chi connectivity index (χ0v) is 15.5. The maximum Gasteiger partial charge on any atom is 0.321 e. The molecule has 2 aromatic rings. The number of rotatable bonds is 3. The molecule has 1 aromatic heterocycles. The summed E-state index contributed by atoms with van der Waals surface area (Å²) in [4.78, 5) is 32.2. The number of carbonyl (C=O) groups is 2. The lowest BCUT2D eigenvalue weighted by atomic mass is 10.2. The molecule has 0 bridgehead atoms. The number of piperazine rings is 1. The largest absolute Gasteiger partial charge is 0.495 e. The van der Waals surface area contributed by atoms with Gasteiger partial charge in [-0.25, -0.2) is 9.78 Å². The quantitative estimate of drug-likeness (QED) is 0.839. The van der Waals surface area contributed by atoms with E-state index in [9.17, 15) is 9.59 Å². The van der Waals surface area contributed by atoms with Gasteiger partial charge in [0.2, 0.25) is 0 Å². The molecule has 2 N–H and O–H groups in total. The number of nitrogens with zero attached hydrogens (tertiary/aromatic N) is 3. The monoisotopic (exact) mass is 383 g/mol. The number of anilines is 3. The van der Waals surface area contributed by atoms with E-state index < -0.39 is 0 Å². The summed E-state index contributed by atoms with van der Waals surface area (Å²) in [6.45, 7) is 2.57. The van der Waals surface area contributed by atoms with Crippen LogP contribution in [0.5, 0.6) is 11.5 Å². The van der Waals surface area contributed by atoms with Gasteiger partial charge in [-0.3, -0.25) is 4.79 Å². The Morgan fingerprint density at radius 3 is 2.75 bits per heavy atom. The molecule has 9 nitrogen and oxygen atoms in total. The summed E-state index contributed by atoms with van der Waals surface area (Å²) in [6.07, 6.45) is 1.69. The predicted octanol–water partition coefficient (Wildman–Crippen LogP) is 1.78. The smallest absolute Gasteiger partial charge is 0.321 e. The van der Waals surface area contributed by atoms with Crippen LogP contribution in [0.2, 0.25) is 0 Å². The van der Waals surface area contributed by atoms with E-state index in [0.717, 1.165) is 11.6 Å². The van der Waals surface area contributed by atoms with E-state index in [-0.39, 0.29) is 18.5 Å². The van der Waals surface area contributed by atoms with Crippen molar-refractivity contribution in [2.45, 2.75) is 0 Å². The van der Waals surface area contributed by atoms with Gasteiger partial charge in [-0.05, 0) is 24.3 Å². The normalized spacial score (nSPS) is 16.0. The molecule has 3 amide bonds. The van der Waals surface area contributed by atoms with Gasteiger partial charge in [-0.15, -0.1) is 0 Å². The molecule has 146 valence electrons. The van der Waals surface area contributed by atoms with Gasteiger partial charge in [0.15, 0.2) is 6.61 Å². The van der Waals surface area contributed by atoms with Crippen LogP contribution in [0, 0.1) is 0 Å². The summed E-state index contributed by atoms with van der Waals surface area (Å²) in [5, 5.41) is 5.61. The zero-order valence-electron chi connectivity index (χ0n) is 15.5. The Balaban J connectivity index is 1.33. The number of hydrogen-bond donors (Lipinski definition) is 2. The molecule has 2 aliphatic rings. The first-order chi connectivity index (χ1) is 13.6. The van der Waals surface area contributed by atoms with Crippen molar-refractivity contribution in [3.63, 3.8) is 0 Å². The van der Waals surface area contributed by atoms with E-state index in [1.165, 1.54) is 0 Å². The van der Waals surface area contributed by atoms with Crippen LogP contribution in [0.4, 0.5) is 22.0 Å². The lowest BCUT2D eigenvalue weighted by molar-refractivity contribution is -0.118. The minimum absolute atomic E-state index is 0.0221. The van der Waals surface area contributed by atoms with Crippen LogP contribution >= 0.6 is 0 Å². The van der Waals surface area contributed by atoms with Crippen LogP contribution in [0.3, 0.4) is 0 Å². The number of methoxy groups -OCH3 is 1. The van der Waals surface area contributed by atoms with E-state index in [0.29, 0.717) is 43.3 Å². The number of benzene rings is 1. The number of aromatic nitrogens is 1. The number of carbonyl (C=O) groups excluding carboxylic acids is 2. The molecule has 0 saturated carbocycles. The van der Waals surface area contributed by atoms with Gasteiger partial charge in [0, 0.05) is 37.9 Å². The molecule has 1 aromatic carbocycles. The Hall–Kier alpha value is -3.49. The summed E-state index contributed by atoms with van der Waals surface area (Å²) in [5.74, 6) is 1.95. The second-order valence-electron chi connectivity index (χ2n) is 6.51. The van der Waals surface area contributed by atoms with E-state index in [1.54, 1.807) is 36.4 Å². The molecule has 9 heteroatoms. The first-order valence-electron chi connectivity index (χ1n) is 9.00. The van der Waals surface area contributed by atoms with Gasteiger partial charge < -0.3 is 29.9 Å². The van der Waals surface area contributed by atoms with Crippen molar-refractivity contribution in [1.29, 1.82) is 0 Å². The van der Waals surface area contributed by atoms with E-state index >= 15 is 0 Å². The molecule has 0 atom stereocenters. The van der Waals surface area contributed by atoms with Gasteiger partial charge in [0.05, 0.1) is 19.0 Å². The van der Waals surface area contributed by atoms with E-state index in [2.05, 4.69) is 20.5 Å². The maximum atomic E-state index is 12.6. The Morgan fingerprint density at radius 1 is 1.21 bits per heavy atom. The van der Waals surface area contributed by atoms with Gasteiger partial charge in [0.25, 0.3) is 5.91 Å². The van der Waals surface area contributed by atoms with Gasteiger partial charge >= 0.3 is 6.03 Å². The summed E-state index contributed by atoms with van der Waals surface area (Å²) in [5.41, 5.74) is 1.23. The summed E-state index contributed by atoms with van der Waals surface area (Å²) in [6, 6.07) is 8.80. The minimum atomic E-state index is -0.187. The highest BCUT2D eigenvalue weighted by Crippen LogP contribution is 2.30. The fourth-order valence-electron chi connectivity index (χ4n) is 3.17. The second-order valence-corrected chi connectivity index (χ2v) is 6.51. The molecular formula is C19H21N5O4. The predicted molar refractivity (Wildman–Crippen MR) is 104 cm³/mol. The summed E-state index contributed by atoms with van der Waals surface area (Å²) >= 11 is 0. The maximum absolute atomic E-state index is 12.6. The standard InChI is InChI=1S/C19H21N5O4/c1-27-14-3-5-17(20-11-14)23-6-8-24(9-7-23)19(26)21-13-2-4-15-16(10-13)28-12-18(25)22-15/h2-5,10-11H,6-9,12H2,1H3,(H,21,26)(H,22,25). The van der Waals surface area contributed by atoms with Crippen molar-refractivity contribution in [2.24, 2.45) is 0 Å². The molecule has 0 radical (unpaired) electrons. The third kappa shape index (κ3) is 3.78. The highest BCUT2D eigenvalue weighted by molar-refractivity contribution is 5.96. The summed E-state index contributed by atoms with van der Waals surface area (Å²) < 4.78 is 10.5. The third-order valence-corrected chi connectivity index (χ3v) is 4.71. The van der Waals surface area contributed by atoms with Crippen molar-refractivity contribution >= 4 is 29.1 Å². The fourth-order valence-corrected chi connectivity index (χ4v) is 3.17. The molecule has 3 heterocycles. The van der Waals surface area contributed by atoms with Crippen molar-refractivity contribution in [3.8, 4) is 11.5 Å². The van der Waals surface area contributed by atoms with Crippen LogP contribution in [0.25, 0.3) is 0 Å². The number of amides is 3. The molecule has 2 aliphatic heterocycles. The fraction of sp³-hybridized carbons (Fsp3) is 0.316. The second kappa shape index (κ2) is 7.63. The van der Waals surface area contributed by atoms with Crippen LogP contribution in [0.1, 0.15) is 0 Å². The van der Waals surface area contributed by atoms with Crippen molar-refractivity contribution in [1.82, 2.24) is 9.88 Å². The Kier molecular flexibility index (Phi) is 4.88. The average Bonchev–Trinajstić information content (AvgIpc) is 2.74. The molecule has 1 saturated heterocycles. The van der Waals surface area contributed by atoms with Crippen molar-refractivity contribution in [2.75, 3.05) is 55.4 Å². The number of fused-ring (bicyclic) bond motifs is 1. The number of ether oxygens (including phenoxy) is 2. The van der Waals surface area contributed by atoms with E-state index in [4.69, 9.17) is 9.47 Å². The van der Waals surface area contributed by atoms with Crippen LogP contribution in [-0.2, 0) is 4.79 Å². The molecule has 28 heavy (non-hydrogen) atoms. The Bertz CT molecular complexity index is 878. The van der Waals surface area contributed by atoms with Crippen molar-refractivity contribution < 1.29 is 19.1 Å². The Labute approximate surface area is 162 Å². The first-order valence-corrected chi connectivity index (χ1v) is 9.00. The molecular weight excluding hydrogens is 362 g/mol. The molecule has 0 unspecified atom stereocenters. The minimum Gasteiger partial charge on any atom is -0.495 e. The lowest BCUT2D eigenvalue weighted by Crippen LogP contribution is -2.50. The van der Waals surface area contributed by atoms with Crippen molar-refractivity contribution in [3.05, 3.63) is 36.5 Å². The highest BCUT2D eigenvalue weighted by Gasteiger charge is 2.23. The number of nitrogens with one attached hydrogen (secondary N) is 2. The number of urea groups is 1. The SMILES string of the molecule is COc1ccc(N2CCN(C(=O)Nc3ccc4c(c3)OCC(=O)N4)CC2)nc1. The molecule has 0 aliphatic carbocycles.